The van der Waals surface area contributed by atoms with Gasteiger partial charge in [0.1, 0.15) is 5.82 Å². The van der Waals surface area contributed by atoms with E-state index in [1.54, 1.807) is 23.1 Å². The molecule has 0 spiro atoms. The van der Waals surface area contributed by atoms with Gasteiger partial charge in [-0.05, 0) is 18.9 Å². The van der Waals surface area contributed by atoms with Crippen LogP contribution in [0.5, 0.6) is 0 Å². The smallest absolute Gasteiger partial charge is 0.225 e. The molecule has 0 unspecified atom stereocenters. The zero-order valence-corrected chi connectivity index (χ0v) is 13.3. The molecule has 2 aliphatic rings. The number of hydrogen-bond acceptors (Lipinski definition) is 2. The topological polar surface area (TPSA) is 49.4 Å². The molecule has 4 nitrogen and oxygen atoms in total. The van der Waals surface area contributed by atoms with Crippen molar-refractivity contribution < 1.29 is 14.0 Å². The van der Waals surface area contributed by atoms with Crippen LogP contribution >= 0.6 is 0 Å². The van der Waals surface area contributed by atoms with Crippen LogP contribution < -0.4 is 5.32 Å². The van der Waals surface area contributed by atoms with E-state index in [0.717, 1.165) is 25.7 Å². The molecule has 2 amide bonds. The molecule has 0 bridgehead atoms. The Balaban J connectivity index is 1.56. The van der Waals surface area contributed by atoms with Crippen molar-refractivity contribution in [1.82, 2.24) is 10.2 Å². The van der Waals surface area contributed by atoms with E-state index < -0.39 is 0 Å². The predicted molar refractivity (Wildman–Crippen MR) is 84.9 cm³/mol. The summed E-state index contributed by atoms with van der Waals surface area (Å²) in [5.41, 5.74) is 0.495. The molecule has 0 aromatic heterocycles. The van der Waals surface area contributed by atoms with E-state index in [4.69, 9.17) is 0 Å². The molecule has 2 fully saturated rings. The molecular formula is C18H23FN2O2. The average molecular weight is 318 g/mol. The summed E-state index contributed by atoms with van der Waals surface area (Å²) >= 11 is 0. The van der Waals surface area contributed by atoms with Crippen LogP contribution in [0.2, 0.25) is 0 Å². The highest BCUT2D eigenvalue weighted by molar-refractivity contribution is 5.89. The second kappa shape index (κ2) is 7.11. The zero-order chi connectivity index (χ0) is 16.2. The minimum absolute atomic E-state index is 0.0266. The maximum atomic E-state index is 13.7. The van der Waals surface area contributed by atoms with Crippen molar-refractivity contribution in [2.45, 2.75) is 51.1 Å². The van der Waals surface area contributed by atoms with Gasteiger partial charge in [-0.3, -0.25) is 9.59 Å². The van der Waals surface area contributed by atoms with Gasteiger partial charge in [0.2, 0.25) is 11.8 Å². The van der Waals surface area contributed by atoms with Crippen molar-refractivity contribution in [3.05, 3.63) is 35.6 Å². The Labute approximate surface area is 136 Å². The van der Waals surface area contributed by atoms with Gasteiger partial charge in [0.15, 0.2) is 0 Å². The third kappa shape index (κ3) is 3.89. The summed E-state index contributed by atoms with van der Waals surface area (Å²) in [4.78, 5) is 26.1. The summed E-state index contributed by atoms with van der Waals surface area (Å²) in [6, 6.07) is 6.71. The van der Waals surface area contributed by atoms with Crippen LogP contribution in [0.15, 0.2) is 24.3 Å². The lowest BCUT2D eigenvalue weighted by molar-refractivity contribution is -0.129. The molecule has 23 heavy (non-hydrogen) atoms. The number of amides is 2. The Kier molecular flexibility index (Phi) is 4.94. The Hall–Kier alpha value is -1.91. The molecule has 3 rings (SSSR count). The summed E-state index contributed by atoms with van der Waals surface area (Å²) in [5.74, 6) is -0.718. The molecule has 124 valence electrons. The molecule has 1 heterocycles. The first-order valence-corrected chi connectivity index (χ1v) is 8.45. The summed E-state index contributed by atoms with van der Waals surface area (Å²) in [6.07, 6.45) is 5.86. The highest BCUT2D eigenvalue weighted by Crippen LogP contribution is 2.23. The van der Waals surface area contributed by atoms with Gasteiger partial charge in [-0.25, -0.2) is 4.39 Å². The summed E-state index contributed by atoms with van der Waals surface area (Å²) in [6.45, 7) is 0.616. The van der Waals surface area contributed by atoms with Crippen LogP contribution in [0.25, 0.3) is 0 Å². The van der Waals surface area contributed by atoms with Crippen molar-refractivity contribution in [2.75, 3.05) is 6.54 Å². The number of rotatable bonds is 4. The number of halogens is 1. The maximum Gasteiger partial charge on any atom is 0.225 e. The number of nitrogens with one attached hydrogen (secondary N) is 1. The fourth-order valence-electron chi connectivity index (χ4n) is 3.50. The molecule has 1 aliphatic carbocycles. The van der Waals surface area contributed by atoms with Crippen LogP contribution in [0.1, 0.15) is 44.1 Å². The Morgan fingerprint density at radius 2 is 1.96 bits per heavy atom. The number of benzene rings is 1. The first-order valence-electron chi connectivity index (χ1n) is 8.45. The van der Waals surface area contributed by atoms with Gasteiger partial charge in [-0.2, -0.15) is 0 Å². The number of nitrogens with zero attached hydrogens (tertiary/aromatic N) is 1. The average Bonchev–Trinajstić information content (AvgIpc) is 2.92. The van der Waals surface area contributed by atoms with Gasteiger partial charge in [-0.1, -0.05) is 37.5 Å². The molecule has 1 aromatic rings. The van der Waals surface area contributed by atoms with Gasteiger partial charge < -0.3 is 10.2 Å². The third-order valence-electron chi connectivity index (χ3n) is 4.86. The number of carbonyl (C=O) groups excluding carboxylic acids is 2. The molecule has 1 saturated heterocycles. The summed E-state index contributed by atoms with van der Waals surface area (Å²) < 4.78 is 13.7. The quantitative estimate of drug-likeness (QED) is 0.928. The van der Waals surface area contributed by atoms with Gasteiger partial charge in [0.25, 0.3) is 0 Å². The highest BCUT2D eigenvalue weighted by Gasteiger charge is 2.35. The fourth-order valence-corrected chi connectivity index (χ4v) is 3.50. The normalized spacial score (nSPS) is 22.4. The van der Waals surface area contributed by atoms with Crippen molar-refractivity contribution in [3.63, 3.8) is 0 Å². The molecule has 1 aliphatic heterocycles. The van der Waals surface area contributed by atoms with Crippen LogP contribution in [0, 0.1) is 11.7 Å². The van der Waals surface area contributed by atoms with Crippen molar-refractivity contribution in [3.8, 4) is 0 Å². The first-order chi connectivity index (χ1) is 11.1. The van der Waals surface area contributed by atoms with E-state index in [2.05, 4.69) is 5.32 Å². The standard InChI is InChI=1S/C18H23FN2O2/c19-16-9-5-4-6-13(16)11-21-12-14(10-17(21)22)18(23)20-15-7-2-1-3-8-15/h4-6,9,14-15H,1-3,7-8,10-12H2,(H,20,23)/t14-/m0/s1. The van der Waals surface area contributed by atoms with Crippen molar-refractivity contribution >= 4 is 11.8 Å². The zero-order valence-electron chi connectivity index (χ0n) is 13.3. The van der Waals surface area contributed by atoms with Crippen LogP contribution in [0.4, 0.5) is 4.39 Å². The summed E-state index contributed by atoms with van der Waals surface area (Å²) in [5, 5.41) is 3.09. The summed E-state index contributed by atoms with van der Waals surface area (Å²) in [7, 11) is 0. The van der Waals surface area contributed by atoms with Gasteiger partial charge >= 0.3 is 0 Å². The van der Waals surface area contributed by atoms with Gasteiger partial charge in [0.05, 0.1) is 5.92 Å². The second-order valence-electron chi connectivity index (χ2n) is 6.61. The molecule has 1 aromatic carbocycles. The molecular weight excluding hydrogens is 295 g/mol. The molecule has 1 atom stereocenters. The monoisotopic (exact) mass is 318 g/mol. The predicted octanol–water partition coefficient (Wildman–Crippen LogP) is 2.62. The van der Waals surface area contributed by atoms with E-state index in [9.17, 15) is 14.0 Å². The third-order valence-corrected chi connectivity index (χ3v) is 4.86. The lowest BCUT2D eigenvalue weighted by Gasteiger charge is -2.24. The van der Waals surface area contributed by atoms with Crippen LogP contribution in [-0.2, 0) is 16.1 Å². The van der Waals surface area contributed by atoms with E-state index in [1.807, 2.05) is 0 Å². The number of likely N-dealkylation sites (tertiary alicyclic amines) is 1. The molecule has 1 saturated carbocycles. The number of hydrogen-bond donors (Lipinski definition) is 1. The lowest BCUT2D eigenvalue weighted by Crippen LogP contribution is -2.40. The fraction of sp³-hybridized carbons (Fsp3) is 0.556. The number of carbonyl (C=O) groups is 2. The lowest BCUT2D eigenvalue weighted by atomic mass is 9.95. The first kappa shape index (κ1) is 16.0. The van der Waals surface area contributed by atoms with Crippen LogP contribution in [0.3, 0.4) is 0 Å². The Morgan fingerprint density at radius 3 is 2.70 bits per heavy atom. The van der Waals surface area contributed by atoms with E-state index in [-0.39, 0.29) is 42.6 Å². The van der Waals surface area contributed by atoms with Crippen LogP contribution in [-0.4, -0.2) is 29.3 Å². The Bertz CT molecular complexity index is 584. The van der Waals surface area contributed by atoms with Gasteiger partial charge in [0, 0.05) is 31.1 Å². The SMILES string of the molecule is O=C(NC1CCCCC1)[C@H]1CC(=O)N(Cc2ccccc2F)C1. The second-order valence-corrected chi connectivity index (χ2v) is 6.61. The molecule has 0 radical (unpaired) electrons. The minimum Gasteiger partial charge on any atom is -0.353 e. The maximum absolute atomic E-state index is 13.7. The largest absolute Gasteiger partial charge is 0.353 e. The molecule has 1 N–H and O–H groups in total. The van der Waals surface area contributed by atoms with E-state index in [0.29, 0.717) is 12.1 Å². The minimum atomic E-state index is -0.310. The Morgan fingerprint density at radius 1 is 1.22 bits per heavy atom. The van der Waals surface area contributed by atoms with E-state index in [1.165, 1.54) is 12.5 Å². The molecule has 5 heteroatoms. The van der Waals surface area contributed by atoms with Crippen molar-refractivity contribution in [2.24, 2.45) is 5.92 Å². The van der Waals surface area contributed by atoms with Gasteiger partial charge in [-0.15, -0.1) is 0 Å². The highest BCUT2D eigenvalue weighted by atomic mass is 19.1. The van der Waals surface area contributed by atoms with Crippen molar-refractivity contribution in [1.29, 1.82) is 0 Å². The van der Waals surface area contributed by atoms with E-state index >= 15 is 0 Å².